The molecule has 1 atom stereocenters. The summed E-state index contributed by atoms with van der Waals surface area (Å²) < 4.78 is 18.8. The summed E-state index contributed by atoms with van der Waals surface area (Å²) in [5.41, 5.74) is -0.437. The van der Waals surface area contributed by atoms with Gasteiger partial charge in [-0.15, -0.1) is 0 Å². The number of carbonyl (C=O) groups excluding carboxylic acids is 1. The molecule has 0 aliphatic heterocycles. The Morgan fingerprint density at radius 1 is 1.45 bits per heavy atom. The average Bonchev–Trinajstić information content (AvgIpc) is 2.40. The van der Waals surface area contributed by atoms with Crippen LogP contribution in [0.15, 0.2) is 34.7 Å². The van der Waals surface area contributed by atoms with Gasteiger partial charge in [0.2, 0.25) is 0 Å². The Bertz CT molecular complexity index is 528. The van der Waals surface area contributed by atoms with Crippen LogP contribution in [-0.4, -0.2) is 38.9 Å². The molecule has 1 rings (SSSR count). The first-order valence-corrected chi connectivity index (χ1v) is 8.07. The van der Waals surface area contributed by atoms with Crippen LogP contribution in [0.4, 0.5) is 4.39 Å². The van der Waals surface area contributed by atoms with Crippen molar-refractivity contribution >= 4 is 32.0 Å². The van der Waals surface area contributed by atoms with E-state index in [0.29, 0.717) is 10.8 Å². The predicted octanol–water partition coefficient (Wildman–Crippen LogP) is 1.47. The van der Waals surface area contributed by atoms with Crippen LogP contribution in [0.1, 0.15) is 20.3 Å². The normalized spacial score (nSPS) is 13.4. The molecular formula is C14H15AsFO4. The molecule has 0 saturated carbocycles. The maximum absolute atomic E-state index is 13.4. The van der Waals surface area contributed by atoms with Gasteiger partial charge in [0.05, 0.1) is 0 Å². The zero-order valence-corrected chi connectivity index (χ0v) is 13.0. The van der Waals surface area contributed by atoms with Crippen molar-refractivity contribution in [2.75, 3.05) is 0 Å². The van der Waals surface area contributed by atoms with Crippen molar-refractivity contribution in [1.82, 2.24) is 0 Å². The summed E-state index contributed by atoms with van der Waals surface area (Å²) in [7, 11) is 0. The molecule has 0 heterocycles. The molecule has 1 unspecified atom stereocenters. The van der Waals surface area contributed by atoms with E-state index in [-0.39, 0.29) is 6.10 Å². The summed E-state index contributed by atoms with van der Waals surface area (Å²) in [6.45, 7) is 3.51. The van der Waals surface area contributed by atoms with Gasteiger partial charge in [-0.3, -0.25) is 0 Å². The average molecular weight is 341 g/mol. The number of esters is 1. The molecule has 20 heavy (non-hydrogen) atoms. The van der Waals surface area contributed by atoms with Crippen molar-refractivity contribution in [1.29, 1.82) is 0 Å². The van der Waals surface area contributed by atoms with Gasteiger partial charge in [-0.05, 0) is 0 Å². The van der Waals surface area contributed by atoms with Crippen molar-refractivity contribution in [3.05, 3.63) is 40.5 Å². The first-order chi connectivity index (χ1) is 9.45. The molecule has 0 bridgehead atoms. The standard InChI is InChI=1S/C14H15AsFO4/c1-3-9(2)20-14(19)10(13(17)18)8-15-11-6-4-5-7-12(11)16/h4-9H,3H2,1-2H3,(H,17,18). The number of carbonyl (C=O) groups is 2. The zero-order valence-electron chi connectivity index (χ0n) is 11.2. The van der Waals surface area contributed by atoms with Gasteiger partial charge in [0.25, 0.3) is 0 Å². The third-order valence-electron chi connectivity index (χ3n) is 2.52. The summed E-state index contributed by atoms with van der Waals surface area (Å²) >= 11 is -0.893. The van der Waals surface area contributed by atoms with Crippen LogP contribution in [0, 0.1) is 5.82 Å². The van der Waals surface area contributed by atoms with Crippen molar-refractivity contribution in [3.8, 4) is 0 Å². The summed E-state index contributed by atoms with van der Waals surface area (Å²) in [6, 6.07) is 6.10. The molecule has 0 fully saturated rings. The number of rotatable bonds is 6. The Balaban J connectivity index is 2.86. The zero-order chi connectivity index (χ0) is 15.1. The Kier molecular flexibility index (Phi) is 6.46. The van der Waals surface area contributed by atoms with Crippen LogP contribution >= 0.6 is 0 Å². The van der Waals surface area contributed by atoms with Gasteiger partial charge < -0.3 is 0 Å². The van der Waals surface area contributed by atoms with Gasteiger partial charge in [0.15, 0.2) is 0 Å². The molecule has 6 heteroatoms. The van der Waals surface area contributed by atoms with Crippen LogP contribution in [-0.2, 0) is 14.3 Å². The van der Waals surface area contributed by atoms with Gasteiger partial charge in [-0.25, -0.2) is 0 Å². The number of aliphatic carboxylic acids is 1. The Morgan fingerprint density at radius 2 is 2.10 bits per heavy atom. The summed E-state index contributed by atoms with van der Waals surface area (Å²) in [4.78, 5) is 24.0. The molecule has 0 aromatic heterocycles. The van der Waals surface area contributed by atoms with Crippen LogP contribution < -0.4 is 4.35 Å². The van der Waals surface area contributed by atoms with Crippen LogP contribution in [0.3, 0.4) is 0 Å². The minimum atomic E-state index is -1.36. The second-order valence-corrected chi connectivity index (χ2v) is 6.15. The quantitative estimate of drug-likeness (QED) is 0.280. The molecule has 1 N–H and O–H groups in total. The SMILES string of the molecule is CCC(C)OC(=O)C(=C[As]c1ccccc1F)C(=O)O. The molecular weight excluding hydrogens is 326 g/mol. The first kappa shape index (κ1) is 16.4. The van der Waals surface area contributed by atoms with E-state index >= 15 is 0 Å². The molecule has 0 spiro atoms. The number of hydrogen-bond acceptors (Lipinski definition) is 3. The second-order valence-electron chi connectivity index (χ2n) is 4.05. The van der Waals surface area contributed by atoms with Crippen LogP contribution in [0.5, 0.6) is 0 Å². The van der Waals surface area contributed by atoms with E-state index in [2.05, 4.69) is 0 Å². The summed E-state index contributed by atoms with van der Waals surface area (Å²) in [5.74, 6) is -2.63. The van der Waals surface area contributed by atoms with Gasteiger partial charge in [-0.1, -0.05) is 0 Å². The van der Waals surface area contributed by atoms with Crippen molar-refractivity contribution < 1.29 is 23.8 Å². The first-order valence-electron chi connectivity index (χ1n) is 6.05. The molecule has 0 aliphatic rings. The van der Waals surface area contributed by atoms with Gasteiger partial charge in [0.1, 0.15) is 0 Å². The monoisotopic (exact) mass is 341 g/mol. The molecule has 0 saturated heterocycles. The molecule has 0 amide bonds. The second kappa shape index (κ2) is 7.85. The van der Waals surface area contributed by atoms with Crippen LogP contribution in [0.25, 0.3) is 0 Å². The molecule has 107 valence electrons. The van der Waals surface area contributed by atoms with Crippen LogP contribution in [0.2, 0.25) is 0 Å². The fourth-order valence-electron chi connectivity index (χ4n) is 1.22. The van der Waals surface area contributed by atoms with E-state index in [1.54, 1.807) is 25.1 Å². The molecule has 4 nitrogen and oxygen atoms in total. The number of benzene rings is 1. The van der Waals surface area contributed by atoms with Gasteiger partial charge >= 0.3 is 123 Å². The number of hydrogen-bond donors (Lipinski definition) is 1. The fraction of sp³-hybridized carbons (Fsp3) is 0.286. The molecule has 1 radical (unpaired) electrons. The van der Waals surface area contributed by atoms with Crippen molar-refractivity contribution in [2.24, 2.45) is 0 Å². The van der Waals surface area contributed by atoms with Gasteiger partial charge in [0, 0.05) is 0 Å². The predicted molar refractivity (Wildman–Crippen MR) is 73.4 cm³/mol. The van der Waals surface area contributed by atoms with E-state index in [1.165, 1.54) is 10.9 Å². The van der Waals surface area contributed by atoms with Gasteiger partial charge in [-0.2, -0.15) is 0 Å². The Morgan fingerprint density at radius 3 is 2.65 bits per heavy atom. The molecule has 1 aromatic carbocycles. The summed E-state index contributed by atoms with van der Waals surface area (Å²) in [5, 5.41) is 9.03. The minimum absolute atomic E-state index is 0.352. The molecule has 0 aliphatic carbocycles. The van der Waals surface area contributed by atoms with E-state index in [1.807, 2.05) is 6.92 Å². The van der Waals surface area contributed by atoms with Crippen molar-refractivity contribution in [2.45, 2.75) is 26.4 Å². The van der Waals surface area contributed by atoms with Crippen molar-refractivity contribution in [3.63, 3.8) is 0 Å². The number of carboxylic acid groups (broad SMARTS) is 1. The topological polar surface area (TPSA) is 63.6 Å². The summed E-state index contributed by atoms with van der Waals surface area (Å²) in [6.07, 6.45) is 0.245. The fourth-order valence-corrected chi connectivity index (χ4v) is 3.01. The Labute approximate surface area is 123 Å². The number of ether oxygens (including phenoxy) is 1. The van der Waals surface area contributed by atoms with E-state index in [9.17, 15) is 14.0 Å². The van der Waals surface area contributed by atoms with E-state index in [0.717, 1.165) is 0 Å². The third-order valence-corrected chi connectivity index (χ3v) is 4.68. The molecule has 1 aromatic rings. The number of halogens is 1. The number of carboxylic acids is 1. The van der Waals surface area contributed by atoms with E-state index in [4.69, 9.17) is 9.84 Å². The Hall–Kier alpha value is -1.61. The maximum atomic E-state index is 13.4. The van der Waals surface area contributed by atoms with E-state index < -0.39 is 39.1 Å². The third kappa shape index (κ3) is 4.82.